The minimum absolute atomic E-state index is 0.0711. The second kappa shape index (κ2) is 10.2. The Morgan fingerprint density at radius 3 is 2.61 bits per heavy atom. The van der Waals surface area contributed by atoms with Crippen molar-refractivity contribution in [2.45, 2.75) is 83.2 Å². The standard InChI is InChI=1S/C30H39ClN4O2Si/c1-30(2,3)38(5,6)37-25-12-8-7-11-24(25)35-19-34(4)28-23(29(35)36)17-21(22-10-9-15-32-27(22)28)16-20-13-14-26(31)33-18-20/h9-10,13-15,17-18,24-25H,7-8,11-12,16,19H2,1-6H3/t24-,25-/m0/s1. The fraction of sp³-hybridized carbons (Fsp3) is 0.500. The number of benzene rings is 1. The van der Waals surface area contributed by atoms with Gasteiger partial charge in [-0.05, 0) is 66.7 Å². The number of amides is 1. The van der Waals surface area contributed by atoms with Crippen molar-refractivity contribution in [2.75, 3.05) is 18.6 Å². The Labute approximate surface area is 232 Å². The molecule has 1 fully saturated rings. The number of carbonyl (C=O) groups is 1. The minimum Gasteiger partial charge on any atom is -0.412 e. The van der Waals surface area contributed by atoms with E-state index in [0.29, 0.717) is 18.2 Å². The Kier molecular flexibility index (Phi) is 7.31. The maximum atomic E-state index is 14.3. The highest BCUT2D eigenvalue weighted by molar-refractivity contribution is 6.74. The predicted molar refractivity (Wildman–Crippen MR) is 158 cm³/mol. The number of carbonyl (C=O) groups excluding carboxylic acids is 1. The Morgan fingerprint density at radius 1 is 1.13 bits per heavy atom. The third kappa shape index (κ3) is 5.08. The molecule has 5 rings (SSSR count). The quantitative estimate of drug-likeness (QED) is 0.251. The molecular weight excluding hydrogens is 512 g/mol. The van der Waals surface area contributed by atoms with Crippen molar-refractivity contribution in [3.63, 3.8) is 0 Å². The number of hydrogen-bond donors (Lipinski definition) is 0. The molecule has 38 heavy (non-hydrogen) atoms. The maximum absolute atomic E-state index is 14.3. The molecule has 3 heterocycles. The third-order valence-electron chi connectivity index (χ3n) is 8.69. The van der Waals surface area contributed by atoms with E-state index < -0.39 is 8.32 Å². The van der Waals surface area contributed by atoms with Crippen LogP contribution in [0.5, 0.6) is 0 Å². The lowest BCUT2D eigenvalue weighted by atomic mass is 9.89. The average molecular weight is 551 g/mol. The summed E-state index contributed by atoms with van der Waals surface area (Å²) in [6.07, 6.45) is 8.59. The molecule has 0 spiro atoms. The zero-order valence-electron chi connectivity index (χ0n) is 23.4. The molecule has 1 aromatic carbocycles. The highest BCUT2D eigenvalue weighted by Gasteiger charge is 2.44. The highest BCUT2D eigenvalue weighted by Crippen LogP contribution is 2.42. The van der Waals surface area contributed by atoms with Gasteiger partial charge in [0.1, 0.15) is 5.15 Å². The summed E-state index contributed by atoms with van der Waals surface area (Å²) in [4.78, 5) is 27.5. The smallest absolute Gasteiger partial charge is 0.257 e. The Hall–Kier alpha value is -2.48. The molecule has 2 aliphatic rings. The van der Waals surface area contributed by atoms with Gasteiger partial charge in [0.2, 0.25) is 0 Å². The van der Waals surface area contributed by atoms with E-state index in [9.17, 15) is 4.79 Å². The molecule has 0 saturated heterocycles. The summed E-state index contributed by atoms with van der Waals surface area (Å²) in [5.41, 5.74) is 4.62. The van der Waals surface area contributed by atoms with E-state index in [4.69, 9.17) is 21.0 Å². The summed E-state index contributed by atoms with van der Waals surface area (Å²) in [7, 11) is 0.0933. The second-order valence-electron chi connectivity index (χ2n) is 12.4. The summed E-state index contributed by atoms with van der Waals surface area (Å²) in [6.45, 7) is 12.0. The van der Waals surface area contributed by atoms with E-state index in [1.54, 1.807) is 6.20 Å². The number of halogens is 1. The first-order valence-electron chi connectivity index (χ1n) is 13.7. The molecule has 1 aliphatic heterocycles. The van der Waals surface area contributed by atoms with Crippen LogP contribution in [-0.2, 0) is 10.8 Å². The molecular formula is C30H39ClN4O2Si. The molecule has 3 aromatic rings. The van der Waals surface area contributed by atoms with Crippen LogP contribution in [0.4, 0.5) is 5.69 Å². The van der Waals surface area contributed by atoms with Gasteiger partial charge in [0.15, 0.2) is 8.32 Å². The van der Waals surface area contributed by atoms with Crippen LogP contribution in [0.1, 0.15) is 67.9 Å². The molecule has 0 unspecified atom stereocenters. The molecule has 202 valence electrons. The fourth-order valence-electron chi connectivity index (χ4n) is 5.63. The number of aromatic nitrogens is 2. The Morgan fingerprint density at radius 2 is 1.89 bits per heavy atom. The first kappa shape index (κ1) is 27.1. The van der Waals surface area contributed by atoms with Crippen molar-refractivity contribution >= 4 is 42.4 Å². The van der Waals surface area contributed by atoms with Crippen molar-refractivity contribution < 1.29 is 9.22 Å². The molecule has 6 nitrogen and oxygen atoms in total. The van der Waals surface area contributed by atoms with Crippen LogP contribution in [0.25, 0.3) is 10.9 Å². The topological polar surface area (TPSA) is 58.6 Å². The van der Waals surface area contributed by atoms with Gasteiger partial charge in [-0.1, -0.05) is 57.3 Å². The molecule has 1 aliphatic carbocycles. The molecule has 1 amide bonds. The largest absolute Gasteiger partial charge is 0.412 e. The van der Waals surface area contributed by atoms with Crippen LogP contribution in [0.15, 0.2) is 42.7 Å². The fourth-order valence-corrected chi connectivity index (χ4v) is 7.12. The van der Waals surface area contributed by atoms with Crippen LogP contribution in [0.2, 0.25) is 23.3 Å². The monoisotopic (exact) mass is 550 g/mol. The summed E-state index contributed by atoms with van der Waals surface area (Å²) in [5.74, 6) is 0.0804. The van der Waals surface area contributed by atoms with Gasteiger partial charge in [0.25, 0.3) is 5.91 Å². The van der Waals surface area contributed by atoms with Crippen molar-refractivity contribution in [3.8, 4) is 0 Å². The maximum Gasteiger partial charge on any atom is 0.257 e. The van der Waals surface area contributed by atoms with E-state index in [2.05, 4.69) is 67.8 Å². The predicted octanol–water partition coefficient (Wildman–Crippen LogP) is 7.06. The molecule has 1 saturated carbocycles. The van der Waals surface area contributed by atoms with Crippen LogP contribution >= 0.6 is 11.6 Å². The van der Waals surface area contributed by atoms with E-state index in [1.807, 2.05) is 24.4 Å². The van der Waals surface area contributed by atoms with E-state index in [1.165, 1.54) is 0 Å². The first-order chi connectivity index (χ1) is 18.0. The van der Waals surface area contributed by atoms with Crippen LogP contribution in [-0.4, -0.2) is 55.0 Å². The van der Waals surface area contributed by atoms with Gasteiger partial charge < -0.3 is 14.2 Å². The lowest BCUT2D eigenvalue weighted by Crippen LogP contribution is -2.58. The van der Waals surface area contributed by atoms with E-state index >= 15 is 0 Å². The number of pyridine rings is 2. The summed E-state index contributed by atoms with van der Waals surface area (Å²) in [5, 5.41) is 1.66. The molecule has 2 aromatic heterocycles. The number of nitrogens with zero attached hydrogens (tertiary/aromatic N) is 4. The van der Waals surface area contributed by atoms with Crippen molar-refractivity contribution in [1.82, 2.24) is 14.9 Å². The third-order valence-corrected chi connectivity index (χ3v) is 13.4. The van der Waals surface area contributed by atoms with Gasteiger partial charge in [-0.25, -0.2) is 4.98 Å². The number of fused-ring (bicyclic) bond motifs is 3. The number of anilines is 1. The van der Waals surface area contributed by atoms with Gasteiger partial charge in [0, 0.05) is 24.8 Å². The zero-order valence-corrected chi connectivity index (χ0v) is 25.2. The number of hydrogen-bond acceptors (Lipinski definition) is 5. The van der Waals surface area contributed by atoms with Crippen LogP contribution in [0, 0.1) is 0 Å². The SMILES string of the molecule is CN1CN([C@H]2CCCC[C@@H]2O[Si](C)(C)C(C)(C)C)C(=O)c2cc(Cc3ccc(Cl)nc3)c3cccnc3c21. The van der Waals surface area contributed by atoms with Gasteiger partial charge in [0.05, 0.1) is 35.6 Å². The molecule has 0 bridgehead atoms. The van der Waals surface area contributed by atoms with E-state index in [-0.39, 0.29) is 23.1 Å². The van der Waals surface area contributed by atoms with Gasteiger partial charge in [-0.2, -0.15) is 0 Å². The average Bonchev–Trinajstić information content (AvgIpc) is 2.87. The first-order valence-corrected chi connectivity index (χ1v) is 17.0. The second-order valence-corrected chi connectivity index (χ2v) is 17.5. The molecule has 8 heteroatoms. The molecule has 0 radical (unpaired) electrons. The molecule has 2 atom stereocenters. The lowest BCUT2D eigenvalue weighted by Gasteiger charge is -2.48. The van der Waals surface area contributed by atoms with Crippen LogP contribution in [0.3, 0.4) is 0 Å². The van der Waals surface area contributed by atoms with E-state index in [0.717, 1.165) is 59.0 Å². The summed E-state index contributed by atoms with van der Waals surface area (Å²) in [6, 6.07) is 10.00. The van der Waals surface area contributed by atoms with Crippen molar-refractivity contribution in [3.05, 3.63) is 64.6 Å². The molecule has 0 N–H and O–H groups in total. The van der Waals surface area contributed by atoms with Crippen LogP contribution < -0.4 is 4.90 Å². The Bertz CT molecular complexity index is 1340. The summed E-state index contributed by atoms with van der Waals surface area (Å²) < 4.78 is 6.96. The van der Waals surface area contributed by atoms with Crippen molar-refractivity contribution in [2.24, 2.45) is 0 Å². The van der Waals surface area contributed by atoms with Gasteiger partial charge in [-0.3, -0.25) is 9.78 Å². The summed E-state index contributed by atoms with van der Waals surface area (Å²) >= 11 is 6.02. The number of rotatable bonds is 5. The van der Waals surface area contributed by atoms with Crippen molar-refractivity contribution in [1.29, 1.82) is 0 Å². The van der Waals surface area contributed by atoms with Gasteiger partial charge in [-0.15, -0.1) is 0 Å². The highest BCUT2D eigenvalue weighted by atomic mass is 35.5. The zero-order chi connectivity index (χ0) is 27.2. The normalized spacial score (nSPS) is 20.7. The minimum atomic E-state index is -1.98. The lowest BCUT2D eigenvalue weighted by molar-refractivity contribution is 0.0218. The van der Waals surface area contributed by atoms with Gasteiger partial charge >= 0.3 is 0 Å². The Balaban J connectivity index is 1.53.